The summed E-state index contributed by atoms with van der Waals surface area (Å²) in [5.41, 5.74) is 8.00. The van der Waals surface area contributed by atoms with Crippen molar-refractivity contribution in [3.63, 3.8) is 0 Å². The van der Waals surface area contributed by atoms with Crippen LogP contribution < -0.4 is 5.73 Å². The van der Waals surface area contributed by atoms with Gasteiger partial charge in [-0.15, -0.1) is 0 Å². The second-order valence-electron chi connectivity index (χ2n) is 6.77. The molecule has 118 valence electrons. The van der Waals surface area contributed by atoms with E-state index in [4.69, 9.17) is 5.73 Å². The summed E-state index contributed by atoms with van der Waals surface area (Å²) >= 11 is 0. The molecule has 21 heavy (non-hydrogen) atoms. The van der Waals surface area contributed by atoms with Gasteiger partial charge in [-0.25, -0.2) is 4.39 Å². The largest absolute Gasteiger partial charge is 0.326 e. The van der Waals surface area contributed by atoms with Crippen molar-refractivity contribution >= 4 is 0 Å². The highest BCUT2D eigenvalue weighted by molar-refractivity contribution is 5.22. The van der Waals surface area contributed by atoms with E-state index >= 15 is 0 Å². The molecule has 2 atom stereocenters. The molecule has 0 amide bonds. The Bertz CT molecular complexity index is 435. The van der Waals surface area contributed by atoms with Crippen molar-refractivity contribution in [3.05, 3.63) is 35.6 Å². The van der Waals surface area contributed by atoms with Crippen molar-refractivity contribution in [1.29, 1.82) is 0 Å². The Morgan fingerprint density at radius 3 is 2.24 bits per heavy atom. The van der Waals surface area contributed by atoms with E-state index in [1.807, 2.05) is 12.1 Å². The SMILES string of the molecule is CCC(N)C(c1ccc(F)cc1)N1CCC(C)(CC)CC1. The molecule has 0 spiro atoms. The Morgan fingerprint density at radius 2 is 1.76 bits per heavy atom. The summed E-state index contributed by atoms with van der Waals surface area (Å²) in [6.07, 6.45) is 4.61. The van der Waals surface area contributed by atoms with Crippen LogP contribution in [0, 0.1) is 11.2 Å². The number of rotatable bonds is 5. The lowest BCUT2D eigenvalue weighted by atomic mass is 9.77. The average Bonchev–Trinajstić information content (AvgIpc) is 2.51. The van der Waals surface area contributed by atoms with E-state index in [1.54, 1.807) is 12.1 Å². The highest BCUT2D eigenvalue weighted by Crippen LogP contribution is 2.37. The van der Waals surface area contributed by atoms with Crippen molar-refractivity contribution in [2.75, 3.05) is 13.1 Å². The zero-order chi connectivity index (χ0) is 15.5. The molecule has 1 aliphatic rings. The van der Waals surface area contributed by atoms with Gasteiger partial charge in [0.25, 0.3) is 0 Å². The second-order valence-corrected chi connectivity index (χ2v) is 6.77. The van der Waals surface area contributed by atoms with E-state index in [0.29, 0.717) is 5.41 Å². The first-order valence-electron chi connectivity index (χ1n) is 8.24. The first-order chi connectivity index (χ1) is 9.99. The monoisotopic (exact) mass is 292 g/mol. The maximum absolute atomic E-state index is 13.2. The highest BCUT2D eigenvalue weighted by atomic mass is 19.1. The van der Waals surface area contributed by atoms with E-state index < -0.39 is 0 Å². The Kier molecular flexibility index (Phi) is 5.39. The van der Waals surface area contributed by atoms with Crippen molar-refractivity contribution in [2.45, 2.75) is 58.5 Å². The fraction of sp³-hybridized carbons (Fsp3) is 0.667. The van der Waals surface area contributed by atoms with Crippen LogP contribution in [0.5, 0.6) is 0 Å². The summed E-state index contributed by atoms with van der Waals surface area (Å²) in [6.45, 7) is 8.96. The molecule has 1 saturated heterocycles. The van der Waals surface area contributed by atoms with Crippen LogP contribution in [0.3, 0.4) is 0 Å². The standard InChI is InChI=1S/C18H29FN2/c1-4-16(20)17(14-6-8-15(19)9-7-14)21-12-10-18(3,5-2)11-13-21/h6-9,16-17H,4-5,10-13,20H2,1-3H3. The van der Waals surface area contributed by atoms with Crippen LogP contribution in [0.2, 0.25) is 0 Å². The molecule has 0 bridgehead atoms. The molecule has 2 nitrogen and oxygen atoms in total. The molecule has 1 aliphatic heterocycles. The summed E-state index contributed by atoms with van der Waals surface area (Å²) < 4.78 is 13.2. The molecular formula is C18H29FN2. The van der Waals surface area contributed by atoms with E-state index in [2.05, 4.69) is 25.7 Å². The van der Waals surface area contributed by atoms with Crippen molar-refractivity contribution in [3.8, 4) is 0 Å². The third-order valence-electron chi connectivity index (χ3n) is 5.34. The quantitative estimate of drug-likeness (QED) is 0.884. The lowest BCUT2D eigenvalue weighted by molar-refractivity contribution is 0.0693. The summed E-state index contributed by atoms with van der Waals surface area (Å²) in [5.74, 6) is -0.181. The number of nitrogens with two attached hydrogens (primary N) is 1. The van der Waals surface area contributed by atoms with Gasteiger partial charge >= 0.3 is 0 Å². The molecular weight excluding hydrogens is 263 g/mol. The van der Waals surface area contributed by atoms with Crippen molar-refractivity contribution in [2.24, 2.45) is 11.1 Å². The molecule has 2 unspecified atom stereocenters. The van der Waals surface area contributed by atoms with Crippen LogP contribution in [0.25, 0.3) is 0 Å². The van der Waals surface area contributed by atoms with Gasteiger partial charge in [-0.05, 0) is 55.5 Å². The van der Waals surface area contributed by atoms with Gasteiger partial charge in [0.2, 0.25) is 0 Å². The lowest BCUT2D eigenvalue weighted by Gasteiger charge is -2.44. The summed E-state index contributed by atoms with van der Waals surface area (Å²) in [7, 11) is 0. The maximum atomic E-state index is 13.2. The Morgan fingerprint density at radius 1 is 1.19 bits per heavy atom. The normalized spacial score (nSPS) is 22.0. The molecule has 0 saturated carbocycles. The van der Waals surface area contributed by atoms with Crippen molar-refractivity contribution in [1.82, 2.24) is 4.90 Å². The third-order valence-corrected chi connectivity index (χ3v) is 5.34. The van der Waals surface area contributed by atoms with Crippen LogP contribution in [-0.4, -0.2) is 24.0 Å². The van der Waals surface area contributed by atoms with Crippen LogP contribution in [0.15, 0.2) is 24.3 Å². The minimum absolute atomic E-state index is 0.0986. The van der Waals surface area contributed by atoms with Gasteiger partial charge in [-0.3, -0.25) is 4.90 Å². The van der Waals surface area contributed by atoms with Crippen LogP contribution in [0.1, 0.15) is 58.1 Å². The molecule has 1 aromatic carbocycles. The maximum Gasteiger partial charge on any atom is 0.123 e. The number of nitrogens with zero attached hydrogens (tertiary/aromatic N) is 1. The van der Waals surface area contributed by atoms with Gasteiger partial charge in [0, 0.05) is 12.1 Å². The molecule has 3 heteroatoms. The van der Waals surface area contributed by atoms with Gasteiger partial charge in [-0.2, -0.15) is 0 Å². The summed E-state index contributed by atoms with van der Waals surface area (Å²) in [4.78, 5) is 2.50. The van der Waals surface area contributed by atoms with Gasteiger partial charge in [-0.1, -0.05) is 39.3 Å². The first kappa shape index (κ1) is 16.4. The third kappa shape index (κ3) is 3.83. The fourth-order valence-electron chi connectivity index (χ4n) is 3.31. The van der Waals surface area contributed by atoms with Gasteiger partial charge in [0.15, 0.2) is 0 Å². The highest BCUT2D eigenvalue weighted by Gasteiger charge is 2.33. The van der Waals surface area contributed by atoms with E-state index in [0.717, 1.165) is 25.1 Å². The Balaban J connectivity index is 2.16. The number of hydrogen-bond acceptors (Lipinski definition) is 2. The van der Waals surface area contributed by atoms with Gasteiger partial charge in [0.1, 0.15) is 5.82 Å². The average molecular weight is 292 g/mol. The minimum Gasteiger partial charge on any atom is -0.326 e. The minimum atomic E-state index is -0.181. The predicted octanol–water partition coefficient (Wildman–Crippen LogP) is 4.12. The lowest BCUT2D eigenvalue weighted by Crippen LogP contribution is -2.46. The smallest absolute Gasteiger partial charge is 0.123 e. The second kappa shape index (κ2) is 6.89. The Labute approximate surface area is 128 Å². The zero-order valence-electron chi connectivity index (χ0n) is 13.6. The van der Waals surface area contributed by atoms with Crippen molar-refractivity contribution < 1.29 is 4.39 Å². The van der Waals surface area contributed by atoms with Crippen LogP contribution >= 0.6 is 0 Å². The molecule has 0 radical (unpaired) electrons. The topological polar surface area (TPSA) is 29.3 Å². The molecule has 1 fully saturated rings. The number of halogens is 1. The fourth-order valence-corrected chi connectivity index (χ4v) is 3.31. The van der Waals surface area contributed by atoms with E-state index in [1.165, 1.54) is 19.3 Å². The zero-order valence-corrected chi connectivity index (χ0v) is 13.6. The summed E-state index contributed by atoms with van der Waals surface area (Å²) in [5, 5.41) is 0. The van der Waals surface area contributed by atoms with Crippen LogP contribution in [0.4, 0.5) is 4.39 Å². The Hall–Kier alpha value is -0.930. The van der Waals surface area contributed by atoms with Crippen LogP contribution in [-0.2, 0) is 0 Å². The number of piperidine rings is 1. The summed E-state index contributed by atoms with van der Waals surface area (Å²) in [6, 6.07) is 7.18. The first-order valence-corrected chi connectivity index (χ1v) is 8.24. The van der Waals surface area contributed by atoms with E-state index in [9.17, 15) is 4.39 Å². The predicted molar refractivity (Wildman–Crippen MR) is 86.6 cm³/mol. The molecule has 1 heterocycles. The molecule has 2 N–H and O–H groups in total. The molecule has 0 aromatic heterocycles. The number of likely N-dealkylation sites (tertiary alicyclic amines) is 1. The van der Waals surface area contributed by atoms with E-state index in [-0.39, 0.29) is 17.9 Å². The van der Waals surface area contributed by atoms with Gasteiger partial charge < -0.3 is 5.73 Å². The number of benzene rings is 1. The van der Waals surface area contributed by atoms with Gasteiger partial charge in [0.05, 0.1) is 0 Å². The number of hydrogen-bond donors (Lipinski definition) is 1. The molecule has 2 rings (SSSR count). The molecule has 0 aliphatic carbocycles. The molecule has 1 aromatic rings.